The molecular formula is C13H16N2O3. The fourth-order valence-corrected chi connectivity index (χ4v) is 2.14. The minimum absolute atomic E-state index is 0.311. The molecule has 18 heavy (non-hydrogen) atoms. The SMILES string of the molecule is O=C(O)CNC(=O)N1CCCc2ccccc2C1. The smallest absolute Gasteiger partial charge is 0.323 e. The molecule has 0 fully saturated rings. The summed E-state index contributed by atoms with van der Waals surface area (Å²) in [5.74, 6) is -1.03. The van der Waals surface area contributed by atoms with Crippen LogP contribution in [0.15, 0.2) is 24.3 Å². The van der Waals surface area contributed by atoms with Gasteiger partial charge in [-0.25, -0.2) is 4.79 Å². The molecule has 2 rings (SSSR count). The van der Waals surface area contributed by atoms with E-state index in [1.54, 1.807) is 4.90 Å². The van der Waals surface area contributed by atoms with E-state index in [0.717, 1.165) is 18.4 Å². The van der Waals surface area contributed by atoms with E-state index in [1.807, 2.05) is 18.2 Å². The van der Waals surface area contributed by atoms with Gasteiger partial charge in [0, 0.05) is 13.1 Å². The molecule has 0 saturated carbocycles. The Kier molecular flexibility index (Phi) is 3.82. The van der Waals surface area contributed by atoms with Gasteiger partial charge >= 0.3 is 12.0 Å². The van der Waals surface area contributed by atoms with Gasteiger partial charge in [-0.05, 0) is 24.0 Å². The number of fused-ring (bicyclic) bond motifs is 1. The zero-order valence-corrected chi connectivity index (χ0v) is 10.1. The van der Waals surface area contributed by atoms with Gasteiger partial charge in [-0.3, -0.25) is 4.79 Å². The maximum absolute atomic E-state index is 11.8. The molecule has 0 bridgehead atoms. The first-order valence-corrected chi connectivity index (χ1v) is 5.98. The number of hydrogen-bond acceptors (Lipinski definition) is 2. The van der Waals surface area contributed by atoms with Crippen LogP contribution in [-0.4, -0.2) is 35.1 Å². The zero-order chi connectivity index (χ0) is 13.0. The number of nitrogens with zero attached hydrogens (tertiary/aromatic N) is 1. The number of carboxylic acid groups (broad SMARTS) is 1. The lowest BCUT2D eigenvalue weighted by atomic mass is 10.0. The highest BCUT2D eigenvalue weighted by Gasteiger charge is 2.18. The molecule has 1 aromatic rings. The van der Waals surface area contributed by atoms with Crippen LogP contribution in [0.4, 0.5) is 4.79 Å². The largest absolute Gasteiger partial charge is 0.480 e. The number of nitrogens with one attached hydrogen (secondary N) is 1. The fourth-order valence-electron chi connectivity index (χ4n) is 2.14. The number of amides is 2. The van der Waals surface area contributed by atoms with Crippen molar-refractivity contribution in [3.05, 3.63) is 35.4 Å². The van der Waals surface area contributed by atoms with Gasteiger partial charge in [0.25, 0.3) is 0 Å². The third kappa shape index (κ3) is 3.00. The average molecular weight is 248 g/mol. The van der Waals surface area contributed by atoms with Crippen molar-refractivity contribution in [1.82, 2.24) is 10.2 Å². The summed E-state index contributed by atoms with van der Waals surface area (Å²) in [4.78, 5) is 23.9. The number of aliphatic carboxylic acids is 1. The van der Waals surface area contributed by atoms with Gasteiger partial charge in [0.15, 0.2) is 0 Å². The molecule has 96 valence electrons. The Morgan fingerprint density at radius 2 is 2.00 bits per heavy atom. The summed E-state index contributed by atoms with van der Waals surface area (Å²) in [6.07, 6.45) is 1.86. The zero-order valence-electron chi connectivity index (χ0n) is 10.1. The summed E-state index contributed by atoms with van der Waals surface area (Å²) in [5.41, 5.74) is 2.41. The van der Waals surface area contributed by atoms with Crippen molar-refractivity contribution in [1.29, 1.82) is 0 Å². The van der Waals surface area contributed by atoms with E-state index in [1.165, 1.54) is 5.56 Å². The molecule has 0 saturated heterocycles. The standard InChI is InChI=1S/C13H16N2O3/c16-12(17)8-14-13(18)15-7-3-6-10-4-1-2-5-11(10)9-15/h1-2,4-5H,3,6-9H2,(H,14,18)(H,16,17). The topological polar surface area (TPSA) is 69.6 Å². The summed E-state index contributed by atoms with van der Waals surface area (Å²) in [6, 6.07) is 7.73. The summed E-state index contributed by atoms with van der Waals surface area (Å²) in [7, 11) is 0. The molecule has 0 spiro atoms. The molecule has 0 unspecified atom stereocenters. The Hall–Kier alpha value is -2.04. The van der Waals surface area contributed by atoms with Gasteiger partial charge in [-0.2, -0.15) is 0 Å². The van der Waals surface area contributed by atoms with Gasteiger partial charge in [0.05, 0.1) is 0 Å². The van der Waals surface area contributed by atoms with Gasteiger partial charge in [-0.15, -0.1) is 0 Å². The minimum atomic E-state index is -1.03. The molecule has 0 atom stereocenters. The van der Waals surface area contributed by atoms with Crippen LogP contribution >= 0.6 is 0 Å². The molecular weight excluding hydrogens is 232 g/mol. The Bertz CT molecular complexity index is 459. The number of rotatable bonds is 2. The molecule has 1 aromatic carbocycles. The summed E-state index contributed by atoms with van der Waals surface area (Å²) < 4.78 is 0. The lowest BCUT2D eigenvalue weighted by molar-refractivity contribution is -0.135. The van der Waals surface area contributed by atoms with E-state index in [-0.39, 0.29) is 12.6 Å². The average Bonchev–Trinajstić information content (AvgIpc) is 2.57. The van der Waals surface area contributed by atoms with Gasteiger partial charge in [0.1, 0.15) is 6.54 Å². The first kappa shape index (κ1) is 12.4. The Morgan fingerprint density at radius 1 is 1.28 bits per heavy atom. The predicted octanol–water partition coefficient (Wildman–Crippen LogP) is 1.23. The van der Waals surface area contributed by atoms with Gasteiger partial charge in [-0.1, -0.05) is 24.3 Å². The van der Waals surface area contributed by atoms with E-state index >= 15 is 0 Å². The number of carboxylic acids is 1. The summed E-state index contributed by atoms with van der Waals surface area (Å²) >= 11 is 0. The molecule has 0 aromatic heterocycles. The second kappa shape index (κ2) is 5.53. The lowest BCUT2D eigenvalue weighted by Crippen LogP contribution is -2.41. The normalized spacial score (nSPS) is 14.6. The van der Waals surface area contributed by atoms with Crippen molar-refractivity contribution >= 4 is 12.0 Å². The van der Waals surface area contributed by atoms with E-state index in [9.17, 15) is 9.59 Å². The quantitative estimate of drug-likeness (QED) is 0.827. The minimum Gasteiger partial charge on any atom is -0.480 e. The van der Waals surface area contributed by atoms with Crippen LogP contribution in [0.3, 0.4) is 0 Å². The van der Waals surface area contributed by atoms with Crippen LogP contribution in [0.5, 0.6) is 0 Å². The van der Waals surface area contributed by atoms with Crippen molar-refractivity contribution in [3.63, 3.8) is 0 Å². The van der Waals surface area contributed by atoms with E-state index in [2.05, 4.69) is 11.4 Å². The van der Waals surface area contributed by atoms with Crippen LogP contribution in [0, 0.1) is 0 Å². The van der Waals surface area contributed by atoms with Crippen molar-refractivity contribution in [3.8, 4) is 0 Å². The van der Waals surface area contributed by atoms with Crippen molar-refractivity contribution in [2.45, 2.75) is 19.4 Å². The second-order valence-electron chi connectivity index (χ2n) is 4.35. The first-order valence-electron chi connectivity index (χ1n) is 5.98. The Labute approximate surface area is 105 Å². The van der Waals surface area contributed by atoms with Crippen molar-refractivity contribution in [2.75, 3.05) is 13.1 Å². The molecule has 1 aliphatic rings. The second-order valence-corrected chi connectivity index (χ2v) is 4.35. The maximum atomic E-state index is 11.8. The number of aryl methyl sites for hydroxylation is 1. The summed E-state index contributed by atoms with van der Waals surface area (Å²) in [5, 5.41) is 10.9. The van der Waals surface area contributed by atoms with Gasteiger partial charge < -0.3 is 15.3 Å². The Morgan fingerprint density at radius 3 is 2.72 bits per heavy atom. The lowest BCUT2D eigenvalue weighted by Gasteiger charge is -2.20. The monoisotopic (exact) mass is 248 g/mol. The number of carbonyl (C=O) groups is 2. The molecule has 2 N–H and O–H groups in total. The fraction of sp³-hybridized carbons (Fsp3) is 0.385. The van der Waals surface area contributed by atoms with Crippen molar-refractivity contribution in [2.24, 2.45) is 0 Å². The van der Waals surface area contributed by atoms with Crippen molar-refractivity contribution < 1.29 is 14.7 Å². The molecule has 0 aliphatic carbocycles. The van der Waals surface area contributed by atoms with Crippen LogP contribution in [0.2, 0.25) is 0 Å². The highest BCUT2D eigenvalue weighted by atomic mass is 16.4. The highest BCUT2D eigenvalue weighted by Crippen LogP contribution is 2.18. The summed E-state index contributed by atoms with van der Waals surface area (Å²) in [6.45, 7) is 0.860. The van der Waals surface area contributed by atoms with E-state index in [4.69, 9.17) is 5.11 Å². The number of urea groups is 1. The Balaban J connectivity index is 2.03. The molecule has 5 heteroatoms. The number of benzene rings is 1. The third-order valence-electron chi connectivity index (χ3n) is 3.03. The van der Waals surface area contributed by atoms with Crippen LogP contribution in [0.25, 0.3) is 0 Å². The number of hydrogen-bond donors (Lipinski definition) is 2. The van der Waals surface area contributed by atoms with Crippen LogP contribution in [0.1, 0.15) is 17.5 Å². The molecule has 5 nitrogen and oxygen atoms in total. The van der Waals surface area contributed by atoms with E-state index < -0.39 is 5.97 Å². The third-order valence-corrected chi connectivity index (χ3v) is 3.03. The predicted molar refractivity (Wildman–Crippen MR) is 66.2 cm³/mol. The molecule has 1 heterocycles. The van der Waals surface area contributed by atoms with Crippen LogP contribution < -0.4 is 5.32 Å². The van der Waals surface area contributed by atoms with Crippen LogP contribution in [-0.2, 0) is 17.8 Å². The maximum Gasteiger partial charge on any atom is 0.323 e. The number of carbonyl (C=O) groups excluding carboxylic acids is 1. The molecule has 1 aliphatic heterocycles. The van der Waals surface area contributed by atoms with E-state index in [0.29, 0.717) is 13.1 Å². The molecule has 2 amide bonds. The molecule has 0 radical (unpaired) electrons. The van der Waals surface area contributed by atoms with Gasteiger partial charge in [0.2, 0.25) is 0 Å². The highest BCUT2D eigenvalue weighted by molar-refractivity contribution is 5.80. The first-order chi connectivity index (χ1) is 8.66.